The molecular weight excluding hydrogens is 318 g/mol. The van der Waals surface area contributed by atoms with Crippen LogP contribution in [0.5, 0.6) is 0 Å². The predicted octanol–water partition coefficient (Wildman–Crippen LogP) is 0.654. The van der Waals surface area contributed by atoms with Gasteiger partial charge in [0.15, 0.2) is 0 Å². The first-order chi connectivity index (χ1) is 12.1. The summed E-state index contributed by atoms with van der Waals surface area (Å²) in [5.74, 6) is 0.330. The lowest BCUT2D eigenvalue weighted by Crippen LogP contribution is -2.52. The first-order valence-electron chi connectivity index (χ1n) is 9.07. The highest BCUT2D eigenvalue weighted by Gasteiger charge is 2.28. The molecule has 2 saturated heterocycles. The van der Waals surface area contributed by atoms with Gasteiger partial charge in [-0.25, -0.2) is 0 Å². The van der Waals surface area contributed by atoms with Crippen molar-refractivity contribution in [1.82, 2.24) is 9.80 Å². The Kier molecular flexibility index (Phi) is 6.04. The van der Waals surface area contributed by atoms with E-state index >= 15 is 0 Å². The molecule has 1 aromatic rings. The van der Waals surface area contributed by atoms with Gasteiger partial charge in [-0.2, -0.15) is 0 Å². The van der Waals surface area contributed by atoms with Crippen molar-refractivity contribution in [2.24, 2.45) is 11.7 Å². The summed E-state index contributed by atoms with van der Waals surface area (Å²) in [6, 6.07) is 10.5. The molecule has 1 atom stereocenters. The van der Waals surface area contributed by atoms with Crippen molar-refractivity contribution in [1.29, 1.82) is 0 Å². The summed E-state index contributed by atoms with van der Waals surface area (Å²) < 4.78 is 5.33. The number of morpholine rings is 1. The van der Waals surface area contributed by atoms with Crippen LogP contribution in [0, 0.1) is 5.92 Å². The van der Waals surface area contributed by atoms with Crippen LogP contribution in [0.4, 0.5) is 0 Å². The topological polar surface area (TPSA) is 75.9 Å². The molecule has 0 aliphatic carbocycles. The van der Waals surface area contributed by atoms with Crippen LogP contribution in [0.2, 0.25) is 0 Å². The number of piperidine rings is 1. The van der Waals surface area contributed by atoms with E-state index in [1.807, 2.05) is 15.9 Å². The maximum atomic E-state index is 12.5. The number of hydrogen-bond donors (Lipinski definition) is 1. The molecule has 2 aliphatic rings. The first-order valence-corrected chi connectivity index (χ1v) is 9.07. The number of likely N-dealkylation sites (tertiary alicyclic amines) is 1. The molecule has 0 bridgehead atoms. The van der Waals surface area contributed by atoms with Gasteiger partial charge in [0.25, 0.3) is 0 Å². The summed E-state index contributed by atoms with van der Waals surface area (Å²) in [5, 5.41) is 0. The minimum atomic E-state index is -0.599. The van der Waals surface area contributed by atoms with Crippen LogP contribution >= 0.6 is 0 Å². The number of hydrogen-bond acceptors (Lipinski definition) is 4. The largest absolute Gasteiger partial charge is 0.367 e. The van der Waals surface area contributed by atoms with Crippen LogP contribution in [0.25, 0.3) is 0 Å². The highest BCUT2D eigenvalue weighted by Crippen LogP contribution is 2.22. The third-order valence-corrected chi connectivity index (χ3v) is 5.16. The molecule has 0 radical (unpaired) electrons. The summed E-state index contributed by atoms with van der Waals surface area (Å²) in [7, 11) is 0. The fourth-order valence-electron chi connectivity index (χ4n) is 3.64. The Morgan fingerprint density at radius 1 is 1.12 bits per heavy atom. The van der Waals surface area contributed by atoms with E-state index in [2.05, 4.69) is 24.3 Å². The second-order valence-corrected chi connectivity index (χ2v) is 7.01. The van der Waals surface area contributed by atoms with E-state index in [0.29, 0.717) is 32.2 Å². The smallest absolute Gasteiger partial charge is 0.247 e. The normalized spacial score (nSPS) is 22.7. The van der Waals surface area contributed by atoms with Crippen molar-refractivity contribution < 1.29 is 14.3 Å². The average Bonchev–Trinajstić information content (AvgIpc) is 2.63. The van der Waals surface area contributed by atoms with E-state index in [0.717, 1.165) is 32.4 Å². The van der Waals surface area contributed by atoms with Gasteiger partial charge in [-0.15, -0.1) is 0 Å². The molecule has 1 aromatic carbocycles. The van der Waals surface area contributed by atoms with Crippen LogP contribution in [-0.2, 0) is 20.7 Å². The van der Waals surface area contributed by atoms with Gasteiger partial charge in [-0.1, -0.05) is 30.3 Å². The number of nitrogens with zero attached hydrogens (tertiary/aromatic N) is 2. The van der Waals surface area contributed by atoms with E-state index in [9.17, 15) is 9.59 Å². The van der Waals surface area contributed by atoms with E-state index in [1.54, 1.807) is 0 Å². The van der Waals surface area contributed by atoms with Gasteiger partial charge >= 0.3 is 0 Å². The second kappa shape index (κ2) is 8.45. The lowest BCUT2D eigenvalue weighted by atomic mass is 9.90. The number of amides is 2. The lowest BCUT2D eigenvalue weighted by Gasteiger charge is -2.35. The fourth-order valence-corrected chi connectivity index (χ4v) is 3.64. The van der Waals surface area contributed by atoms with Crippen molar-refractivity contribution in [3.05, 3.63) is 35.9 Å². The Morgan fingerprint density at radius 3 is 2.52 bits per heavy atom. The Morgan fingerprint density at radius 2 is 1.84 bits per heavy atom. The molecule has 2 fully saturated rings. The number of carbonyl (C=O) groups is 2. The Labute approximate surface area is 148 Å². The predicted molar refractivity (Wildman–Crippen MR) is 94.8 cm³/mol. The van der Waals surface area contributed by atoms with Gasteiger partial charge in [0, 0.05) is 26.2 Å². The summed E-state index contributed by atoms with van der Waals surface area (Å²) in [4.78, 5) is 27.7. The van der Waals surface area contributed by atoms with Crippen molar-refractivity contribution >= 4 is 11.8 Å². The number of ether oxygens (including phenoxy) is 1. The Bertz CT molecular complexity index is 585. The zero-order valence-electron chi connectivity index (χ0n) is 14.6. The zero-order chi connectivity index (χ0) is 17.6. The molecule has 2 N–H and O–H groups in total. The molecule has 0 aromatic heterocycles. The fraction of sp³-hybridized carbons (Fsp3) is 0.579. The maximum Gasteiger partial charge on any atom is 0.247 e. The highest BCUT2D eigenvalue weighted by atomic mass is 16.5. The minimum absolute atomic E-state index is 0.142. The average molecular weight is 345 g/mol. The molecule has 2 aliphatic heterocycles. The molecule has 0 saturated carbocycles. The van der Waals surface area contributed by atoms with E-state index < -0.39 is 12.0 Å². The monoisotopic (exact) mass is 345 g/mol. The quantitative estimate of drug-likeness (QED) is 0.850. The van der Waals surface area contributed by atoms with E-state index in [-0.39, 0.29) is 5.91 Å². The van der Waals surface area contributed by atoms with Crippen molar-refractivity contribution in [3.8, 4) is 0 Å². The van der Waals surface area contributed by atoms with E-state index in [4.69, 9.17) is 10.5 Å². The van der Waals surface area contributed by atoms with E-state index in [1.165, 1.54) is 5.56 Å². The third-order valence-electron chi connectivity index (χ3n) is 5.16. The summed E-state index contributed by atoms with van der Waals surface area (Å²) >= 11 is 0. The molecule has 2 heterocycles. The van der Waals surface area contributed by atoms with Gasteiger partial charge in [-0.3, -0.25) is 14.5 Å². The maximum absolute atomic E-state index is 12.5. The Hall–Kier alpha value is -1.92. The molecule has 25 heavy (non-hydrogen) atoms. The van der Waals surface area contributed by atoms with Crippen LogP contribution in [-0.4, -0.2) is 67.0 Å². The van der Waals surface area contributed by atoms with Crippen LogP contribution in [0.3, 0.4) is 0 Å². The van der Waals surface area contributed by atoms with Crippen LogP contribution in [0.15, 0.2) is 30.3 Å². The summed E-state index contributed by atoms with van der Waals surface area (Å²) in [6.07, 6.45) is 2.59. The van der Waals surface area contributed by atoms with Crippen LogP contribution in [0.1, 0.15) is 18.4 Å². The molecule has 6 nitrogen and oxygen atoms in total. The number of carbonyl (C=O) groups excluding carboxylic acids is 2. The number of primary amides is 1. The molecule has 6 heteroatoms. The number of nitrogens with two attached hydrogens (primary N) is 1. The SMILES string of the molecule is NC(=O)C1CN(CC(=O)N2CCC(Cc3ccccc3)CC2)CCO1. The molecule has 0 spiro atoms. The zero-order valence-corrected chi connectivity index (χ0v) is 14.6. The van der Waals surface area contributed by atoms with Gasteiger partial charge < -0.3 is 15.4 Å². The van der Waals surface area contributed by atoms with Crippen molar-refractivity contribution in [3.63, 3.8) is 0 Å². The van der Waals surface area contributed by atoms with Gasteiger partial charge in [-0.05, 0) is 30.7 Å². The molecule has 136 valence electrons. The van der Waals surface area contributed by atoms with Gasteiger partial charge in [0.1, 0.15) is 6.10 Å². The molecule has 2 amide bonds. The Balaban J connectivity index is 1.43. The standard InChI is InChI=1S/C19H27N3O3/c20-19(24)17-13-21(10-11-25-17)14-18(23)22-8-6-16(7-9-22)12-15-4-2-1-3-5-15/h1-5,16-17H,6-14H2,(H2,20,24). The lowest BCUT2D eigenvalue weighted by molar-refractivity contribution is -0.141. The summed E-state index contributed by atoms with van der Waals surface area (Å²) in [6.45, 7) is 3.50. The molecule has 3 rings (SSSR count). The number of rotatable bonds is 5. The van der Waals surface area contributed by atoms with Gasteiger partial charge in [0.2, 0.25) is 11.8 Å². The minimum Gasteiger partial charge on any atom is -0.367 e. The second-order valence-electron chi connectivity index (χ2n) is 7.01. The van der Waals surface area contributed by atoms with Crippen molar-refractivity contribution in [2.75, 3.05) is 39.3 Å². The van der Waals surface area contributed by atoms with Crippen LogP contribution < -0.4 is 5.73 Å². The third kappa shape index (κ3) is 5.03. The van der Waals surface area contributed by atoms with Gasteiger partial charge in [0.05, 0.1) is 13.2 Å². The summed E-state index contributed by atoms with van der Waals surface area (Å²) in [5.41, 5.74) is 6.67. The molecule has 1 unspecified atom stereocenters. The highest BCUT2D eigenvalue weighted by molar-refractivity contribution is 5.80. The number of benzene rings is 1. The first kappa shape index (κ1) is 17.9. The van der Waals surface area contributed by atoms with Crippen molar-refractivity contribution in [2.45, 2.75) is 25.4 Å². The molecular formula is C19H27N3O3.